The summed E-state index contributed by atoms with van der Waals surface area (Å²) in [5.41, 5.74) is 13.7. The van der Waals surface area contributed by atoms with E-state index in [1.807, 2.05) is 19.1 Å². The van der Waals surface area contributed by atoms with Crippen LogP contribution in [0.3, 0.4) is 0 Å². The minimum Gasteiger partial charge on any atom is -0.385 e. The monoisotopic (exact) mass is 339 g/mol. The second-order valence-electron chi connectivity index (χ2n) is 6.12. The van der Waals surface area contributed by atoms with Gasteiger partial charge in [0.1, 0.15) is 11.6 Å². The van der Waals surface area contributed by atoms with Crippen molar-refractivity contribution in [2.75, 3.05) is 11.1 Å². The highest BCUT2D eigenvalue weighted by Crippen LogP contribution is 2.42. The lowest BCUT2D eigenvalue weighted by Crippen LogP contribution is -2.16. The fraction of sp³-hybridized carbons (Fsp3) is 0.263. The second-order valence-corrected chi connectivity index (χ2v) is 6.12. The maximum Gasteiger partial charge on any atom is 0.156 e. The van der Waals surface area contributed by atoms with E-state index in [0.717, 1.165) is 18.4 Å². The molecule has 0 saturated heterocycles. The van der Waals surface area contributed by atoms with Crippen LogP contribution in [0, 0.1) is 5.82 Å². The number of nitrogens with one attached hydrogen (secondary N) is 1. The molecule has 0 bridgehead atoms. The maximum absolute atomic E-state index is 15.3. The minimum atomic E-state index is -0.375. The van der Waals surface area contributed by atoms with Crippen LogP contribution in [0.15, 0.2) is 48.6 Å². The molecule has 2 aromatic rings. The van der Waals surface area contributed by atoms with Gasteiger partial charge in [0.05, 0.1) is 23.8 Å². The molecule has 0 unspecified atom stereocenters. The summed E-state index contributed by atoms with van der Waals surface area (Å²) in [6.45, 7) is 1.89. The predicted molar refractivity (Wildman–Crippen MR) is 99.1 cm³/mol. The molecule has 25 heavy (non-hydrogen) atoms. The van der Waals surface area contributed by atoms with Crippen molar-refractivity contribution in [1.29, 1.82) is 0 Å². The summed E-state index contributed by atoms with van der Waals surface area (Å²) in [6, 6.07) is 3.70. The molecule has 5 N–H and O–H groups in total. The molecule has 0 spiro atoms. The minimum absolute atomic E-state index is 0.298. The zero-order chi connectivity index (χ0) is 17.8. The highest BCUT2D eigenvalue weighted by atomic mass is 19.1. The Hall–Kier alpha value is -2.89. The fourth-order valence-corrected chi connectivity index (χ4v) is 2.84. The van der Waals surface area contributed by atoms with Crippen LogP contribution >= 0.6 is 0 Å². The lowest BCUT2D eigenvalue weighted by Gasteiger charge is -2.29. The van der Waals surface area contributed by atoms with Crippen LogP contribution in [0.5, 0.6) is 0 Å². The van der Waals surface area contributed by atoms with E-state index >= 15 is 4.39 Å². The molecule has 1 fully saturated rings. The Balaban J connectivity index is 2.04. The second kappa shape index (κ2) is 7.34. The first-order valence-electron chi connectivity index (χ1n) is 8.36. The van der Waals surface area contributed by atoms with Crippen LogP contribution in [0.1, 0.15) is 37.7 Å². The Labute approximate surface area is 146 Å². The predicted octanol–water partition coefficient (Wildman–Crippen LogP) is 3.92. The molecule has 1 saturated carbocycles. The molecule has 0 radical (unpaired) electrons. The van der Waals surface area contributed by atoms with Crippen molar-refractivity contribution >= 4 is 11.5 Å². The van der Waals surface area contributed by atoms with Gasteiger partial charge in [-0.25, -0.2) is 9.37 Å². The van der Waals surface area contributed by atoms with Gasteiger partial charge in [-0.1, -0.05) is 24.6 Å². The van der Waals surface area contributed by atoms with Gasteiger partial charge in [0.15, 0.2) is 5.82 Å². The number of allylic oxidation sites excluding steroid dienone is 3. The number of benzene rings is 1. The van der Waals surface area contributed by atoms with Gasteiger partial charge in [0, 0.05) is 5.56 Å². The molecule has 1 heterocycles. The van der Waals surface area contributed by atoms with Gasteiger partial charge >= 0.3 is 0 Å². The Morgan fingerprint density at radius 1 is 1.28 bits per heavy atom. The zero-order valence-electron chi connectivity index (χ0n) is 14.2. The maximum atomic E-state index is 15.3. The van der Waals surface area contributed by atoms with Crippen LogP contribution < -0.4 is 16.8 Å². The van der Waals surface area contributed by atoms with Gasteiger partial charge in [0.25, 0.3) is 0 Å². The summed E-state index contributed by atoms with van der Waals surface area (Å²) < 4.78 is 15.3. The molecule has 5 nitrogen and oxygen atoms in total. The third kappa shape index (κ3) is 3.63. The van der Waals surface area contributed by atoms with Crippen molar-refractivity contribution in [3.05, 3.63) is 60.0 Å². The Morgan fingerprint density at radius 2 is 2.08 bits per heavy atom. The van der Waals surface area contributed by atoms with Crippen LogP contribution in [0.2, 0.25) is 0 Å². The van der Waals surface area contributed by atoms with E-state index in [1.165, 1.54) is 18.8 Å². The van der Waals surface area contributed by atoms with E-state index in [4.69, 9.17) is 11.5 Å². The topological polar surface area (TPSA) is 89.8 Å². The number of rotatable bonds is 5. The Kier molecular flexibility index (Phi) is 4.97. The molecule has 1 aromatic heterocycles. The van der Waals surface area contributed by atoms with E-state index in [1.54, 1.807) is 18.2 Å². The summed E-state index contributed by atoms with van der Waals surface area (Å²) >= 11 is 0. The molecule has 1 aromatic carbocycles. The van der Waals surface area contributed by atoms with Gasteiger partial charge in [-0.15, -0.1) is 0 Å². The quantitative estimate of drug-likeness (QED) is 0.718. The van der Waals surface area contributed by atoms with Crippen molar-refractivity contribution in [3.8, 4) is 11.3 Å². The summed E-state index contributed by atoms with van der Waals surface area (Å²) in [7, 11) is 0. The number of halogens is 1. The zero-order valence-corrected chi connectivity index (χ0v) is 14.2. The number of anilines is 2. The first-order valence-corrected chi connectivity index (χ1v) is 8.36. The van der Waals surface area contributed by atoms with Gasteiger partial charge < -0.3 is 16.8 Å². The van der Waals surface area contributed by atoms with Crippen molar-refractivity contribution in [2.24, 2.45) is 5.73 Å². The molecule has 1 aliphatic carbocycles. The third-order valence-corrected chi connectivity index (χ3v) is 4.40. The van der Waals surface area contributed by atoms with E-state index in [2.05, 4.69) is 15.3 Å². The lowest BCUT2D eigenvalue weighted by molar-refractivity contribution is 0.419. The van der Waals surface area contributed by atoms with E-state index in [9.17, 15) is 0 Å². The largest absolute Gasteiger partial charge is 0.385 e. The smallest absolute Gasteiger partial charge is 0.156 e. The first kappa shape index (κ1) is 17.0. The van der Waals surface area contributed by atoms with Crippen molar-refractivity contribution in [2.45, 2.75) is 32.1 Å². The molecular weight excluding hydrogens is 317 g/mol. The van der Waals surface area contributed by atoms with Crippen LogP contribution in [-0.4, -0.2) is 9.97 Å². The molecule has 130 valence electrons. The number of aromatic nitrogens is 2. The van der Waals surface area contributed by atoms with Gasteiger partial charge in [-0.3, -0.25) is 4.98 Å². The Bertz CT molecular complexity index is 807. The van der Waals surface area contributed by atoms with Crippen LogP contribution in [-0.2, 0) is 0 Å². The Morgan fingerprint density at radius 3 is 2.68 bits per heavy atom. The van der Waals surface area contributed by atoms with E-state index in [-0.39, 0.29) is 5.82 Å². The van der Waals surface area contributed by atoms with Crippen LogP contribution in [0.4, 0.5) is 15.9 Å². The molecule has 1 aliphatic rings. The molecule has 0 atom stereocenters. The number of nitrogen functional groups attached to an aromatic ring is 1. The van der Waals surface area contributed by atoms with Gasteiger partial charge in [-0.2, -0.15) is 0 Å². The van der Waals surface area contributed by atoms with Crippen molar-refractivity contribution in [1.82, 2.24) is 9.97 Å². The van der Waals surface area contributed by atoms with E-state index < -0.39 is 0 Å². The summed E-state index contributed by atoms with van der Waals surface area (Å²) in [5.74, 6) is 0.670. The summed E-state index contributed by atoms with van der Waals surface area (Å²) in [6.07, 6.45) is 11.6. The number of hydrogen-bond acceptors (Lipinski definition) is 5. The number of hydrogen-bond donors (Lipinski definition) is 3. The van der Waals surface area contributed by atoms with Crippen LogP contribution in [0.25, 0.3) is 11.3 Å². The average molecular weight is 339 g/mol. The van der Waals surface area contributed by atoms with E-state index in [0.29, 0.717) is 34.5 Å². The normalized spacial score (nSPS) is 15.4. The summed E-state index contributed by atoms with van der Waals surface area (Å²) in [4.78, 5) is 8.17. The molecule has 0 amide bonds. The number of nitrogens with zero attached hydrogens (tertiary/aromatic N) is 2. The van der Waals surface area contributed by atoms with Crippen molar-refractivity contribution in [3.63, 3.8) is 0 Å². The summed E-state index contributed by atoms with van der Waals surface area (Å²) in [5, 5.41) is 3.02. The molecule has 6 heteroatoms. The standard InChI is InChI=1S/C19H22FN5/c1-2-3-7-16(21)25-19-13(12-5-4-6-12)8-9-14(18(19)20)15-10-24-17(22)11-23-15/h2-3,7-12,25H,4-6,21H2,1H3,(H2,22,24)/b3-2+,16-7-. The SMILES string of the molecule is C/C=C/C=C(/N)Nc1c(C2CCC2)ccc(-c2cnc(N)cn2)c1F. The van der Waals surface area contributed by atoms with Gasteiger partial charge in [-0.05, 0) is 43.4 Å². The fourth-order valence-electron chi connectivity index (χ4n) is 2.84. The average Bonchev–Trinajstić information content (AvgIpc) is 2.56. The van der Waals surface area contributed by atoms with Gasteiger partial charge in [0.2, 0.25) is 0 Å². The highest BCUT2D eigenvalue weighted by Gasteiger charge is 2.26. The lowest BCUT2D eigenvalue weighted by atomic mass is 9.79. The third-order valence-electron chi connectivity index (χ3n) is 4.40. The molecule has 3 rings (SSSR count). The highest BCUT2D eigenvalue weighted by molar-refractivity contribution is 5.70. The first-order chi connectivity index (χ1) is 12.1. The molecule has 0 aliphatic heterocycles. The number of nitrogens with two attached hydrogens (primary N) is 2. The molecular formula is C19H22FN5. The van der Waals surface area contributed by atoms with Crippen molar-refractivity contribution < 1.29 is 4.39 Å².